The predicted octanol–water partition coefficient (Wildman–Crippen LogP) is 3.11. The van der Waals surface area contributed by atoms with Crippen LogP contribution in [0, 0.1) is 5.82 Å². The molecule has 0 spiro atoms. The number of carbonyl (C=O) groups excluding carboxylic acids is 1. The summed E-state index contributed by atoms with van der Waals surface area (Å²) >= 11 is 0. The summed E-state index contributed by atoms with van der Waals surface area (Å²) in [5, 5.41) is 0. The van der Waals surface area contributed by atoms with Crippen LogP contribution >= 0.6 is 0 Å². The van der Waals surface area contributed by atoms with Crippen molar-refractivity contribution in [1.29, 1.82) is 0 Å². The van der Waals surface area contributed by atoms with Gasteiger partial charge in [-0.15, -0.1) is 0 Å². The van der Waals surface area contributed by atoms with Crippen molar-refractivity contribution < 1.29 is 36.2 Å². The Morgan fingerprint density at radius 2 is 1.80 bits per heavy atom. The number of hydrogen-bond acceptors (Lipinski definition) is 3. The lowest BCUT2D eigenvalue weighted by Crippen LogP contribution is -2.44. The predicted molar refractivity (Wildman–Crippen MR) is 78.4 cm³/mol. The molecule has 1 fully saturated rings. The number of benzene rings is 1. The molecule has 2 rings (SSSR count). The molecule has 0 saturated carbocycles. The molecule has 0 N–H and O–H groups in total. The number of amides is 1. The number of hydrogen-bond donors (Lipinski definition) is 0. The molecule has 1 aliphatic rings. The number of rotatable bonds is 7. The van der Waals surface area contributed by atoms with E-state index in [0.29, 0.717) is 31.7 Å². The third kappa shape index (κ3) is 5.84. The molecule has 1 heterocycles. The summed E-state index contributed by atoms with van der Waals surface area (Å²) < 4.78 is 72.2. The van der Waals surface area contributed by atoms with Crippen LogP contribution in [0.5, 0.6) is 5.75 Å². The molecule has 0 bridgehead atoms. The third-order valence-corrected chi connectivity index (χ3v) is 3.75. The first-order valence-corrected chi connectivity index (χ1v) is 7.71. The second-order valence-electron chi connectivity index (χ2n) is 5.71. The summed E-state index contributed by atoms with van der Waals surface area (Å²) in [5.41, 5.74) is 0. The first kappa shape index (κ1) is 19.4. The van der Waals surface area contributed by atoms with Crippen molar-refractivity contribution in [2.24, 2.45) is 0 Å². The van der Waals surface area contributed by atoms with Crippen LogP contribution in [0.15, 0.2) is 24.3 Å². The molecule has 4 nitrogen and oxygen atoms in total. The van der Waals surface area contributed by atoms with E-state index < -0.39 is 31.5 Å². The van der Waals surface area contributed by atoms with E-state index in [4.69, 9.17) is 4.74 Å². The Bertz CT molecular complexity index is 559. The number of piperidine rings is 1. The molecule has 0 aromatic heterocycles. The van der Waals surface area contributed by atoms with Gasteiger partial charge in [-0.2, -0.15) is 8.78 Å². The molecular weight excluding hydrogens is 349 g/mol. The van der Waals surface area contributed by atoms with Crippen LogP contribution in [0.25, 0.3) is 0 Å². The van der Waals surface area contributed by atoms with Crippen molar-refractivity contribution in [3.63, 3.8) is 0 Å². The Balaban J connectivity index is 1.70. The van der Waals surface area contributed by atoms with Crippen molar-refractivity contribution in [3.8, 4) is 5.75 Å². The average Bonchev–Trinajstić information content (AvgIpc) is 2.57. The largest absolute Gasteiger partial charge is 0.490 e. The van der Waals surface area contributed by atoms with Gasteiger partial charge in [0, 0.05) is 25.9 Å². The van der Waals surface area contributed by atoms with E-state index in [0.717, 1.165) is 0 Å². The van der Waals surface area contributed by atoms with Gasteiger partial charge in [-0.25, -0.2) is 13.2 Å². The molecule has 1 amide bonds. The molecule has 1 aliphatic heterocycles. The monoisotopic (exact) mass is 367 g/mol. The topological polar surface area (TPSA) is 38.8 Å². The Kier molecular flexibility index (Phi) is 6.57. The normalized spacial score (nSPS) is 16.3. The van der Waals surface area contributed by atoms with Gasteiger partial charge < -0.3 is 14.4 Å². The Labute approximate surface area is 141 Å². The van der Waals surface area contributed by atoms with Gasteiger partial charge in [-0.05, 0) is 24.3 Å². The maximum absolute atomic E-state index is 12.8. The van der Waals surface area contributed by atoms with E-state index >= 15 is 0 Å². The molecular formula is C16H18F5NO3. The Morgan fingerprint density at radius 1 is 1.20 bits per heavy atom. The molecule has 0 unspecified atom stereocenters. The minimum absolute atomic E-state index is 0.154. The molecule has 1 saturated heterocycles. The van der Waals surface area contributed by atoms with Gasteiger partial charge in [0.15, 0.2) is 0 Å². The van der Waals surface area contributed by atoms with Crippen LogP contribution in [-0.2, 0) is 9.53 Å². The maximum atomic E-state index is 12.8. The van der Waals surface area contributed by atoms with E-state index in [1.165, 1.54) is 29.2 Å². The Hall–Kier alpha value is -1.90. The highest BCUT2D eigenvalue weighted by molar-refractivity contribution is 5.77. The molecule has 0 radical (unpaired) electrons. The van der Waals surface area contributed by atoms with E-state index in [2.05, 4.69) is 4.74 Å². The van der Waals surface area contributed by atoms with Crippen LogP contribution in [0.2, 0.25) is 0 Å². The van der Waals surface area contributed by atoms with Crippen LogP contribution < -0.4 is 4.74 Å². The fraction of sp³-hybridized carbons (Fsp3) is 0.562. The fourth-order valence-corrected chi connectivity index (χ4v) is 2.36. The fourth-order valence-electron chi connectivity index (χ4n) is 2.36. The van der Waals surface area contributed by atoms with Crippen molar-refractivity contribution in [3.05, 3.63) is 30.1 Å². The first-order valence-electron chi connectivity index (χ1n) is 7.71. The van der Waals surface area contributed by atoms with Crippen LogP contribution in [-0.4, -0.2) is 55.6 Å². The summed E-state index contributed by atoms with van der Waals surface area (Å²) in [6, 6.07) is 5.56. The van der Waals surface area contributed by atoms with E-state index in [9.17, 15) is 26.7 Å². The number of likely N-dealkylation sites (tertiary alicyclic amines) is 1. The van der Waals surface area contributed by atoms with Crippen LogP contribution in [0.1, 0.15) is 12.8 Å². The minimum Gasteiger partial charge on any atom is -0.490 e. The first-order chi connectivity index (χ1) is 11.8. The second-order valence-corrected chi connectivity index (χ2v) is 5.71. The van der Waals surface area contributed by atoms with Gasteiger partial charge in [0.2, 0.25) is 5.91 Å². The van der Waals surface area contributed by atoms with Crippen molar-refractivity contribution in [2.75, 3.05) is 26.3 Å². The quantitative estimate of drug-likeness (QED) is 0.695. The zero-order valence-electron chi connectivity index (χ0n) is 13.3. The smallest absolute Gasteiger partial charge is 0.330 e. The van der Waals surface area contributed by atoms with E-state index in [1.54, 1.807) is 0 Å². The Morgan fingerprint density at radius 3 is 2.36 bits per heavy atom. The molecule has 0 aliphatic carbocycles. The van der Waals surface area contributed by atoms with E-state index in [1.807, 2.05) is 0 Å². The number of halogens is 5. The number of alkyl halides is 4. The van der Waals surface area contributed by atoms with Gasteiger partial charge >= 0.3 is 12.3 Å². The lowest BCUT2D eigenvalue weighted by Gasteiger charge is -2.32. The summed E-state index contributed by atoms with van der Waals surface area (Å²) in [7, 11) is 0. The zero-order chi connectivity index (χ0) is 18.4. The van der Waals surface area contributed by atoms with Gasteiger partial charge in [0.25, 0.3) is 0 Å². The summed E-state index contributed by atoms with van der Waals surface area (Å²) in [6.07, 6.45) is -2.97. The van der Waals surface area contributed by atoms with Gasteiger partial charge in [0.1, 0.15) is 30.9 Å². The number of ether oxygens (including phenoxy) is 2. The highest BCUT2D eigenvalue weighted by atomic mass is 19.3. The van der Waals surface area contributed by atoms with Gasteiger partial charge in [-0.1, -0.05) is 0 Å². The standard InChI is InChI=1S/C16H18F5NO3/c17-11-1-3-12(4-2-11)25-13-5-7-22(8-6-13)14(23)9-24-10-16(20,21)15(18)19/h1-4,13,15H,5-10H2. The molecule has 1 aromatic rings. The molecule has 1 aromatic carbocycles. The summed E-state index contributed by atoms with van der Waals surface area (Å²) in [5.74, 6) is -4.66. The highest BCUT2D eigenvalue weighted by Crippen LogP contribution is 2.23. The van der Waals surface area contributed by atoms with Crippen LogP contribution in [0.3, 0.4) is 0 Å². The van der Waals surface area contributed by atoms with Crippen molar-refractivity contribution in [2.45, 2.75) is 31.3 Å². The molecule has 140 valence electrons. The lowest BCUT2D eigenvalue weighted by molar-refractivity contribution is -0.171. The van der Waals surface area contributed by atoms with Crippen LogP contribution in [0.4, 0.5) is 22.0 Å². The lowest BCUT2D eigenvalue weighted by atomic mass is 10.1. The van der Waals surface area contributed by atoms with Crippen molar-refractivity contribution in [1.82, 2.24) is 4.90 Å². The molecule has 0 atom stereocenters. The average molecular weight is 367 g/mol. The SMILES string of the molecule is O=C(COCC(F)(F)C(F)F)N1CCC(Oc2ccc(F)cc2)CC1. The highest BCUT2D eigenvalue weighted by Gasteiger charge is 2.41. The minimum atomic E-state index is -4.27. The molecule has 9 heteroatoms. The van der Waals surface area contributed by atoms with Gasteiger partial charge in [0.05, 0.1) is 0 Å². The van der Waals surface area contributed by atoms with Gasteiger partial charge in [-0.3, -0.25) is 4.79 Å². The maximum Gasteiger partial charge on any atom is 0.330 e. The number of carbonyl (C=O) groups is 1. The van der Waals surface area contributed by atoms with Crippen molar-refractivity contribution >= 4 is 5.91 Å². The number of nitrogens with zero attached hydrogens (tertiary/aromatic N) is 1. The summed E-state index contributed by atoms with van der Waals surface area (Å²) in [6.45, 7) is -1.51. The molecule has 25 heavy (non-hydrogen) atoms. The third-order valence-electron chi connectivity index (χ3n) is 3.75. The van der Waals surface area contributed by atoms with E-state index in [-0.39, 0.29) is 11.9 Å². The zero-order valence-corrected chi connectivity index (χ0v) is 13.3. The second kappa shape index (κ2) is 8.46. The summed E-state index contributed by atoms with van der Waals surface area (Å²) in [4.78, 5) is 13.3.